The molecular formula is C22H20N2OS. The number of nitrogens with one attached hydrogen (secondary N) is 1. The van der Waals surface area contributed by atoms with Crippen molar-refractivity contribution in [3.8, 4) is 0 Å². The second-order valence-corrected chi connectivity index (χ2v) is 7.47. The first-order valence-electron chi connectivity index (χ1n) is 8.92. The molecule has 0 saturated heterocycles. The number of carbonyl (C=O) groups excluding carboxylic acids is 1. The molecule has 1 aromatic heterocycles. The number of carbonyl (C=O) groups is 1. The molecule has 26 heavy (non-hydrogen) atoms. The second-order valence-electron chi connectivity index (χ2n) is 6.38. The van der Waals surface area contributed by atoms with Crippen molar-refractivity contribution in [1.29, 1.82) is 0 Å². The van der Waals surface area contributed by atoms with Crippen LogP contribution < -0.4 is 5.32 Å². The first-order valence-corrected chi connectivity index (χ1v) is 9.73. The summed E-state index contributed by atoms with van der Waals surface area (Å²) in [6.07, 6.45) is 6.43. The van der Waals surface area contributed by atoms with Crippen LogP contribution in [0.1, 0.15) is 34.5 Å². The number of rotatable bonds is 4. The third-order valence-corrected chi connectivity index (χ3v) is 5.58. The van der Waals surface area contributed by atoms with Crippen molar-refractivity contribution < 1.29 is 4.79 Å². The van der Waals surface area contributed by atoms with Gasteiger partial charge in [0.1, 0.15) is 0 Å². The van der Waals surface area contributed by atoms with Crippen LogP contribution in [0.3, 0.4) is 0 Å². The number of nitrogens with zero attached hydrogens (tertiary/aromatic N) is 1. The quantitative estimate of drug-likeness (QED) is 0.513. The number of hydrogen-bond acceptors (Lipinski definition) is 3. The average Bonchev–Trinajstić information content (AvgIpc) is 3.09. The summed E-state index contributed by atoms with van der Waals surface area (Å²) in [5.74, 6) is -0.119. The molecule has 0 aliphatic heterocycles. The lowest BCUT2D eigenvalue weighted by atomic mass is 10.0. The Morgan fingerprint density at radius 2 is 1.65 bits per heavy atom. The van der Waals surface area contributed by atoms with E-state index in [0.29, 0.717) is 10.7 Å². The van der Waals surface area contributed by atoms with Crippen LogP contribution in [0, 0.1) is 0 Å². The molecule has 2 aromatic carbocycles. The SMILES string of the molecule is O=C(Nc1nc2c(s1)CCCC2)/C(=C/c1ccccc1)c1ccccc1. The van der Waals surface area contributed by atoms with E-state index >= 15 is 0 Å². The second kappa shape index (κ2) is 7.67. The van der Waals surface area contributed by atoms with Crippen LogP contribution in [0.5, 0.6) is 0 Å². The van der Waals surface area contributed by atoms with Gasteiger partial charge in [0.25, 0.3) is 5.91 Å². The minimum Gasteiger partial charge on any atom is -0.298 e. The van der Waals surface area contributed by atoms with E-state index in [0.717, 1.165) is 29.7 Å². The van der Waals surface area contributed by atoms with Crippen molar-refractivity contribution in [3.05, 3.63) is 82.4 Å². The zero-order chi connectivity index (χ0) is 17.8. The lowest BCUT2D eigenvalue weighted by Gasteiger charge is -2.08. The van der Waals surface area contributed by atoms with Gasteiger partial charge in [-0.05, 0) is 42.9 Å². The Hall–Kier alpha value is -2.72. The fourth-order valence-electron chi connectivity index (χ4n) is 3.18. The van der Waals surface area contributed by atoms with Gasteiger partial charge < -0.3 is 0 Å². The highest BCUT2D eigenvalue weighted by Crippen LogP contribution is 2.30. The molecule has 1 amide bonds. The van der Waals surface area contributed by atoms with Crippen LogP contribution in [-0.2, 0) is 17.6 Å². The molecule has 130 valence electrons. The number of fused-ring (bicyclic) bond motifs is 1. The van der Waals surface area contributed by atoms with Gasteiger partial charge in [-0.25, -0.2) is 4.98 Å². The Labute approximate surface area is 157 Å². The van der Waals surface area contributed by atoms with Crippen LogP contribution in [0.4, 0.5) is 5.13 Å². The molecule has 1 aliphatic carbocycles. The standard InChI is InChI=1S/C22H20N2OS/c25-21(24-22-23-19-13-7-8-14-20(19)26-22)18(17-11-5-2-6-12-17)15-16-9-3-1-4-10-16/h1-6,9-12,15H,7-8,13-14H2,(H,23,24,25)/b18-15+. The van der Waals surface area contributed by atoms with Gasteiger partial charge in [0.2, 0.25) is 0 Å². The average molecular weight is 360 g/mol. The molecule has 0 atom stereocenters. The molecule has 4 rings (SSSR count). The van der Waals surface area contributed by atoms with Crippen molar-refractivity contribution in [2.45, 2.75) is 25.7 Å². The number of hydrogen-bond donors (Lipinski definition) is 1. The number of thiazole rings is 1. The predicted octanol–water partition coefficient (Wildman–Crippen LogP) is 5.20. The Kier molecular flexibility index (Phi) is 4.93. The van der Waals surface area contributed by atoms with Gasteiger partial charge >= 0.3 is 0 Å². The topological polar surface area (TPSA) is 42.0 Å². The summed E-state index contributed by atoms with van der Waals surface area (Å²) in [6, 6.07) is 19.7. The molecular weight excluding hydrogens is 340 g/mol. The van der Waals surface area contributed by atoms with Crippen LogP contribution in [-0.4, -0.2) is 10.9 Å². The lowest BCUT2D eigenvalue weighted by Crippen LogP contribution is -2.13. The van der Waals surface area contributed by atoms with Crippen molar-refractivity contribution in [3.63, 3.8) is 0 Å². The highest BCUT2D eigenvalue weighted by Gasteiger charge is 2.18. The van der Waals surface area contributed by atoms with E-state index in [2.05, 4.69) is 10.3 Å². The third-order valence-electron chi connectivity index (χ3n) is 4.51. The summed E-state index contributed by atoms with van der Waals surface area (Å²) in [6.45, 7) is 0. The van der Waals surface area contributed by atoms with Crippen LogP contribution >= 0.6 is 11.3 Å². The largest absolute Gasteiger partial charge is 0.298 e. The van der Waals surface area contributed by atoms with Crippen molar-refractivity contribution in [1.82, 2.24) is 4.98 Å². The van der Waals surface area contributed by atoms with Gasteiger partial charge in [-0.1, -0.05) is 60.7 Å². The molecule has 4 heteroatoms. The van der Waals surface area contributed by atoms with E-state index in [1.54, 1.807) is 11.3 Å². The molecule has 1 aliphatic rings. The monoisotopic (exact) mass is 360 g/mol. The van der Waals surface area contributed by atoms with E-state index in [9.17, 15) is 4.79 Å². The summed E-state index contributed by atoms with van der Waals surface area (Å²) < 4.78 is 0. The number of aryl methyl sites for hydroxylation is 2. The van der Waals surface area contributed by atoms with E-state index in [-0.39, 0.29) is 5.91 Å². The van der Waals surface area contributed by atoms with E-state index in [1.165, 1.54) is 17.7 Å². The van der Waals surface area contributed by atoms with Crippen molar-refractivity contribution >= 4 is 34.0 Å². The molecule has 1 N–H and O–H groups in total. The molecule has 0 unspecified atom stereocenters. The summed E-state index contributed by atoms with van der Waals surface area (Å²) in [5.41, 5.74) is 3.70. The lowest BCUT2D eigenvalue weighted by molar-refractivity contribution is -0.111. The molecule has 0 radical (unpaired) electrons. The van der Waals surface area contributed by atoms with Gasteiger partial charge in [-0.15, -0.1) is 11.3 Å². The number of anilines is 1. The summed E-state index contributed by atoms with van der Waals surface area (Å²) in [4.78, 5) is 19.0. The zero-order valence-corrected chi connectivity index (χ0v) is 15.3. The predicted molar refractivity (Wildman–Crippen MR) is 108 cm³/mol. The first-order chi connectivity index (χ1) is 12.8. The van der Waals surface area contributed by atoms with Gasteiger partial charge in [0.15, 0.2) is 5.13 Å². The molecule has 1 heterocycles. The maximum absolute atomic E-state index is 13.0. The molecule has 0 bridgehead atoms. The molecule has 0 saturated carbocycles. The van der Waals surface area contributed by atoms with E-state index < -0.39 is 0 Å². The highest BCUT2D eigenvalue weighted by atomic mass is 32.1. The molecule has 3 aromatic rings. The van der Waals surface area contributed by atoms with Crippen molar-refractivity contribution in [2.75, 3.05) is 5.32 Å². The number of amides is 1. The summed E-state index contributed by atoms with van der Waals surface area (Å²) in [5, 5.41) is 3.72. The van der Waals surface area contributed by atoms with Crippen LogP contribution in [0.2, 0.25) is 0 Å². The van der Waals surface area contributed by atoms with E-state index in [4.69, 9.17) is 0 Å². The fraction of sp³-hybridized carbons (Fsp3) is 0.182. The zero-order valence-electron chi connectivity index (χ0n) is 14.4. The summed E-state index contributed by atoms with van der Waals surface area (Å²) >= 11 is 1.61. The highest BCUT2D eigenvalue weighted by molar-refractivity contribution is 7.16. The van der Waals surface area contributed by atoms with Gasteiger partial charge in [-0.3, -0.25) is 10.1 Å². The summed E-state index contributed by atoms with van der Waals surface area (Å²) in [7, 11) is 0. The Balaban J connectivity index is 1.64. The minimum atomic E-state index is -0.119. The normalized spacial score (nSPS) is 13.9. The minimum absolute atomic E-state index is 0.119. The number of benzene rings is 2. The fourth-order valence-corrected chi connectivity index (χ4v) is 4.23. The third kappa shape index (κ3) is 3.75. The molecule has 0 fully saturated rings. The molecule has 3 nitrogen and oxygen atoms in total. The van der Waals surface area contributed by atoms with Crippen molar-refractivity contribution in [2.24, 2.45) is 0 Å². The molecule has 0 spiro atoms. The Morgan fingerprint density at radius 1 is 0.962 bits per heavy atom. The van der Waals surface area contributed by atoms with Crippen LogP contribution in [0.25, 0.3) is 11.6 Å². The van der Waals surface area contributed by atoms with Gasteiger partial charge in [0.05, 0.1) is 5.69 Å². The maximum atomic E-state index is 13.0. The van der Waals surface area contributed by atoms with Gasteiger partial charge in [-0.2, -0.15) is 0 Å². The van der Waals surface area contributed by atoms with Gasteiger partial charge in [0, 0.05) is 10.5 Å². The smallest absolute Gasteiger partial charge is 0.258 e. The van der Waals surface area contributed by atoms with Crippen LogP contribution in [0.15, 0.2) is 60.7 Å². The Morgan fingerprint density at radius 3 is 2.38 bits per heavy atom. The van der Waals surface area contributed by atoms with E-state index in [1.807, 2.05) is 66.7 Å². The first kappa shape index (κ1) is 16.7. The maximum Gasteiger partial charge on any atom is 0.258 e. The Bertz CT molecular complexity index is 906. The number of aromatic nitrogens is 1.